The van der Waals surface area contributed by atoms with Crippen molar-refractivity contribution in [1.82, 2.24) is 0 Å². The van der Waals surface area contributed by atoms with Gasteiger partial charge in [0.05, 0.1) is 17.0 Å². The Balaban J connectivity index is 3.39. The minimum Gasteiger partial charge on any atom is -0.506 e. The first-order chi connectivity index (χ1) is 6.07. The fourth-order valence-electron chi connectivity index (χ4n) is 1.22. The number of hydrogen-bond donors (Lipinski definition) is 1. The average Bonchev–Trinajstić information content (AvgIpc) is 2.09. The summed E-state index contributed by atoms with van der Waals surface area (Å²) in [5.74, 6) is 0.185. The Hall–Kier alpha value is -1.01. The molecular formula is C10H10BrNO. The third-order valence-electron chi connectivity index (χ3n) is 2.16. The normalized spacial score (nSPS) is 9.69. The molecule has 0 unspecified atom stereocenters. The standard InChI is InChI=1S/C10H10BrNO/c1-6-5-9(11)10(13)8(3-4-12)7(6)2/h5,13H,3H2,1-2H3. The zero-order valence-electron chi connectivity index (χ0n) is 7.56. The minimum absolute atomic E-state index is 0.185. The molecule has 1 aromatic rings. The summed E-state index contributed by atoms with van der Waals surface area (Å²) in [5.41, 5.74) is 2.78. The Labute approximate surface area is 85.9 Å². The summed E-state index contributed by atoms with van der Waals surface area (Å²) in [6.07, 6.45) is 0.248. The summed E-state index contributed by atoms with van der Waals surface area (Å²) < 4.78 is 0.654. The second-order valence-corrected chi connectivity index (χ2v) is 3.82. The number of hydrogen-bond acceptors (Lipinski definition) is 2. The van der Waals surface area contributed by atoms with Crippen molar-refractivity contribution in [3.05, 3.63) is 27.2 Å². The minimum atomic E-state index is 0.185. The quantitative estimate of drug-likeness (QED) is 0.820. The molecule has 0 spiro atoms. The van der Waals surface area contributed by atoms with E-state index in [1.807, 2.05) is 26.0 Å². The molecule has 1 N–H and O–H groups in total. The maximum Gasteiger partial charge on any atom is 0.134 e. The molecule has 0 saturated heterocycles. The molecule has 0 radical (unpaired) electrons. The molecule has 1 rings (SSSR count). The van der Waals surface area contributed by atoms with Crippen molar-refractivity contribution in [3.8, 4) is 11.8 Å². The summed E-state index contributed by atoms with van der Waals surface area (Å²) in [4.78, 5) is 0. The molecule has 0 heterocycles. The van der Waals surface area contributed by atoms with E-state index >= 15 is 0 Å². The summed E-state index contributed by atoms with van der Waals surface area (Å²) in [5, 5.41) is 18.2. The van der Waals surface area contributed by atoms with Crippen molar-refractivity contribution in [1.29, 1.82) is 5.26 Å². The lowest BCUT2D eigenvalue weighted by molar-refractivity contribution is 0.465. The number of nitriles is 1. The van der Waals surface area contributed by atoms with Gasteiger partial charge in [-0.1, -0.05) is 0 Å². The van der Waals surface area contributed by atoms with Crippen LogP contribution in [-0.4, -0.2) is 5.11 Å². The Morgan fingerprint density at radius 1 is 1.54 bits per heavy atom. The molecule has 0 aliphatic rings. The average molecular weight is 240 g/mol. The lowest BCUT2D eigenvalue weighted by atomic mass is 10.0. The lowest BCUT2D eigenvalue weighted by Crippen LogP contribution is -1.92. The molecule has 1 aromatic carbocycles. The molecule has 0 aliphatic carbocycles. The van der Waals surface area contributed by atoms with Gasteiger partial charge in [0.15, 0.2) is 0 Å². The monoisotopic (exact) mass is 239 g/mol. The zero-order valence-corrected chi connectivity index (χ0v) is 9.14. The molecule has 0 atom stereocenters. The zero-order chi connectivity index (χ0) is 10.0. The molecule has 13 heavy (non-hydrogen) atoms. The van der Waals surface area contributed by atoms with Crippen molar-refractivity contribution in [2.45, 2.75) is 20.3 Å². The highest BCUT2D eigenvalue weighted by molar-refractivity contribution is 9.10. The third-order valence-corrected chi connectivity index (χ3v) is 2.76. The Morgan fingerprint density at radius 3 is 2.69 bits per heavy atom. The summed E-state index contributed by atoms with van der Waals surface area (Å²) in [6, 6.07) is 3.89. The van der Waals surface area contributed by atoms with Crippen molar-refractivity contribution in [3.63, 3.8) is 0 Å². The number of nitrogens with zero attached hydrogens (tertiary/aromatic N) is 1. The number of halogens is 1. The second-order valence-electron chi connectivity index (χ2n) is 2.96. The van der Waals surface area contributed by atoms with E-state index in [1.54, 1.807) is 0 Å². The topological polar surface area (TPSA) is 44.0 Å². The molecule has 0 saturated carbocycles. The van der Waals surface area contributed by atoms with Crippen LogP contribution < -0.4 is 0 Å². The number of phenolic OH excluding ortho intramolecular Hbond substituents is 1. The van der Waals surface area contributed by atoms with Gasteiger partial charge in [0, 0.05) is 5.56 Å². The Morgan fingerprint density at radius 2 is 2.15 bits per heavy atom. The molecule has 0 aromatic heterocycles. The van der Waals surface area contributed by atoms with Gasteiger partial charge in [-0.25, -0.2) is 0 Å². The van der Waals surface area contributed by atoms with E-state index in [-0.39, 0.29) is 12.2 Å². The number of benzene rings is 1. The van der Waals surface area contributed by atoms with Crippen LogP contribution in [0.5, 0.6) is 5.75 Å². The summed E-state index contributed by atoms with van der Waals surface area (Å²) in [7, 11) is 0. The van der Waals surface area contributed by atoms with Crippen LogP contribution in [0.4, 0.5) is 0 Å². The maximum atomic E-state index is 9.64. The number of aryl methyl sites for hydroxylation is 1. The van der Waals surface area contributed by atoms with Gasteiger partial charge in [0.1, 0.15) is 5.75 Å². The van der Waals surface area contributed by atoms with Gasteiger partial charge in [0.2, 0.25) is 0 Å². The molecule has 3 heteroatoms. The highest BCUT2D eigenvalue weighted by atomic mass is 79.9. The van der Waals surface area contributed by atoms with Gasteiger partial charge in [-0.15, -0.1) is 0 Å². The molecule has 0 amide bonds. The number of aromatic hydroxyl groups is 1. The summed E-state index contributed by atoms with van der Waals surface area (Å²) >= 11 is 3.24. The largest absolute Gasteiger partial charge is 0.506 e. The predicted molar refractivity (Wildman–Crippen MR) is 54.6 cm³/mol. The van der Waals surface area contributed by atoms with Gasteiger partial charge in [0.25, 0.3) is 0 Å². The molecule has 0 bridgehead atoms. The first kappa shape index (κ1) is 10.1. The van der Waals surface area contributed by atoms with Crippen LogP contribution in [0.3, 0.4) is 0 Å². The molecular weight excluding hydrogens is 230 g/mol. The van der Waals surface area contributed by atoms with E-state index in [0.29, 0.717) is 4.47 Å². The fraction of sp³-hybridized carbons (Fsp3) is 0.300. The predicted octanol–water partition coefficient (Wildman–Crippen LogP) is 2.84. The van der Waals surface area contributed by atoms with Crippen molar-refractivity contribution >= 4 is 15.9 Å². The highest BCUT2D eigenvalue weighted by Gasteiger charge is 2.10. The smallest absolute Gasteiger partial charge is 0.134 e. The van der Waals surface area contributed by atoms with Crippen LogP contribution in [0, 0.1) is 25.2 Å². The van der Waals surface area contributed by atoms with Crippen molar-refractivity contribution in [2.24, 2.45) is 0 Å². The van der Waals surface area contributed by atoms with Crippen LogP contribution in [0.2, 0.25) is 0 Å². The number of rotatable bonds is 1. The van der Waals surface area contributed by atoms with E-state index in [1.165, 1.54) is 0 Å². The van der Waals surface area contributed by atoms with E-state index in [0.717, 1.165) is 16.7 Å². The van der Waals surface area contributed by atoms with Gasteiger partial charge in [-0.3, -0.25) is 0 Å². The van der Waals surface area contributed by atoms with E-state index < -0.39 is 0 Å². The van der Waals surface area contributed by atoms with Gasteiger partial charge in [-0.2, -0.15) is 5.26 Å². The second kappa shape index (κ2) is 3.80. The van der Waals surface area contributed by atoms with E-state index in [2.05, 4.69) is 15.9 Å². The molecule has 0 aliphatic heterocycles. The SMILES string of the molecule is Cc1cc(Br)c(O)c(CC#N)c1C. The van der Waals surface area contributed by atoms with Gasteiger partial charge < -0.3 is 5.11 Å². The highest BCUT2D eigenvalue weighted by Crippen LogP contribution is 2.32. The first-order valence-electron chi connectivity index (χ1n) is 3.92. The van der Waals surface area contributed by atoms with Crippen LogP contribution in [0.1, 0.15) is 16.7 Å². The van der Waals surface area contributed by atoms with Crippen molar-refractivity contribution in [2.75, 3.05) is 0 Å². The Bertz CT molecular complexity index is 353. The van der Waals surface area contributed by atoms with Crippen LogP contribution in [0.15, 0.2) is 10.5 Å². The lowest BCUT2D eigenvalue weighted by Gasteiger charge is -2.09. The Kier molecular flexibility index (Phi) is 2.94. The van der Waals surface area contributed by atoms with Gasteiger partial charge in [-0.05, 0) is 47.0 Å². The summed E-state index contributed by atoms with van der Waals surface area (Å²) in [6.45, 7) is 3.87. The fourth-order valence-corrected chi connectivity index (χ4v) is 1.80. The first-order valence-corrected chi connectivity index (χ1v) is 4.71. The van der Waals surface area contributed by atoms with E-state index in [4.69, 9.17) is 5.26 Å². The molecule has 68 valence electrons. The van der Waals surface area contributed by atoms with Crippen molar-refractivity contribution < 1.29 is 5.11 Å². The van der Waals surface area contributed by atoms with Crippen LogP contribution in [0.25, 0.3) is 0 Å². The molecule has 0 fully saturated rings. The van der Waals surface area contributed by atoms with Crippen LogP contribution in [-0.2, 0) is 6.42 Å². The van der Waals surface area contributed by atoms with Crippen LogP contribution >= 0.6 is 15.9 Å². The maximum absolute atomic E-state index is 9.64. The third kappa shape index (κ3) is 1.84. The van der Waals surface area contributed by atoms with E-state index in [9.17, 15) is 5.11 Å². The molecule has 2 nitrogen and oxygen atoms in total. The van der Waals surface area contributed by atoms with Gasteiger partial charge >= 0.3 is 0 Å². The number of phenols is 1.